The van der Waals surface area contributed by atoms with Crippen LogP contribution in [0.2, 0.25) is 0 Å². The fourth-order valence-electron chi connectivity index (χ4n) is 1.91. The molecule has 0 bridgehead atoms. The Kier molecular flexibility index (Phi) is 3.87. The number of rotatable bonds is 5. The van der Waals surface area contributed by atoms with Crippen LogP contribution in [0.3, 0.4) is 0 Å². The second kappa shape index (κ2) is 5.38. The van der Waals surface area contributed by atoms with Gasteiger partial charge in [-0.25, -0.2) is 0 Å². The van der Waals surface area contributed by atoms with E-state index in [-0.39, 0.29) is 0 Å². The summed E-state index contributed by atoms with van der Waals surface area (Å²) >= 11 is 0. The van der Waals surface area contributed by atoms with Crippen LogP contribution < -0.4 is 5.73 Å². The minimum absolute atomic E-state index is 0.514. The number of ether oxygens (including phenoxy) is 1. The molecule has 2 heterocycles. The van der Waals surface area contributed by atoms with Crippen molar-refractivity contribution in [2.45, 2.75) is 25.6 Å². The third kappa shape index (κ3) is 2.78. The Labute approximate surface area is 95.4 Å². The Morgan fingerprint density at radius 2 is 2.56 bits per heavy atom. The van der Waals surface area contributed by atoms with E-state index in [0.29, 0.717) is 12.6 Å². The summed E-state index contributed by atoms with van der Waals surface area (Å²) < 4.78 is 7.15. The zero-order valence-electron chi connectivity index (χ0n) is 9.67. The van der Waals surface area contributed by atoms with Crippen molar-refractivity contribution >= 4 is 0 Å². The van der Waals surface area contributed by atoms with Crippen molar-refractivity contribution < 1.29 is 4.74 Å². The topological polar surface area (TPSA) is 69.2 Å². The smallest absolute Gasteiger partial charge is 0.0967 e. The molecule has 1 aromatic rings. The molecule has 1 unspecified atom stereocenters. The molecular formula is C10H19N5O. The van der Waals surface area contributed by atoms with E-state index in [9.17, 15) is 0 Å². The molecule has 0 spiro atoms. The van der Waals surface area contributed by atoms with Crippen molar-refractivity contribution in [1.29, 1.82) is 0 Å². The fraction of sp³-hybridized carbons (Fsp3) is 0.800. The van der Waals surface area contributed by atoms with Gasteiger partial charge in [0.1, 0.15) is 0 Å². The van der Waals surface area contributed by atoms with Crippen molar-refractivity contribution in [1.82, 2.24) is 19.9 Å². The van der Waals surface area contributed by atoms with E-state index in [1.54, 1.807) is 4.68 Å². The average Bonchev–Trinajstić information content (AvgIpc) is 2.89. The lowest BCUT2D eigenvalue weighted by Crippen LogP contribution is -2.31. The lowest BCUT2D eigenvalue weighted by atomic mass is 10.2. The molecule has 0 aromatic carbocycles. The number of aromatic nitrogens is 3. The summed E-state index contributed by atoms with van der Waals surface area (Å²) in [5.74, 6) is 0. The number of hydrogen-bond donors (Lipinski definition) is 1. The molecule has 6 nitrogen and oxygen atoms in total. The Morgan fingerprint density at radius 1 is 1.69 bits per heavy atom. The Hall–Kier alpha value is -0.980. The van der Waals surface area contributed by atoms with E-state index < -0.39 is 0 Å². The predicted molar refractivity (Wildman–Crippen MR) is 59.8 cm³/mol. The molecule has 1 aliphatic rings. The van der Waals surface area contributed by atoms with E-state index in [2.05, 4.69) is 22.3 Å². The molecule has 0 saturated carbocycles. The Morgan fingerprint density at radius 3 is 3.25 bits per heavy atom. The van der Waals surface area contributed by atoms with E-state index in [1.165, 1.54) is 0 Å². The summed E-state index contributed by atoms with van der Waals surface area (Å²) in [5.41, 5.74) is 6.44. The number of nitrogens with two attached hydrogens (primary N) is 1. The zero-order valence-corrected chi connectivity index (χ0v) is 9.67. The van der Waals surface area contributed by atoms with Crippen LogP contribution in [0.15, 0.2) is 6.20 Å². The van der Waals surface area contributed by atoms with Gasteiger partial charge in [0.05, 0.1) is 18.8 Å². The molecule has 90 valence electrons. The third-order valence-electron chi connectivity index (χ3n) is 2.88. The second-order valence-electron chi connectivity index (χ2n) is 4.19. The van der Waals surface area contributed by atoms with Gasteiger partial charge in [0.15, 0.2) is 0 Å². The second-order valence-corrected chi connectivity index (χ2v) is 4.19. The Balaban J connectivity index is 1.87. The van der Waals surface area contributed by atoms with Crippen LogP contribution in [0.25, 0.3) is 0 Å². The minimum atomic E-state index is 0.514. The van der Waals surface area contributed by atoms with Gasteiger partial charge in [0, 0.05) is 31.9 Å². The predicted octanol–water partition coefficient (Wildman–Crippen LogP) is -0.542. The van der Waals surface area contributed by atoms with E-state index in [1.807, 2.05) is 6.20 Å². The first kappa shape index (κ1) is 11.5. The van der Waals surface area contributed by atoms with Gasteiger partial charge >= 0.3 is 0 Å². The summed E-state index contributed by atoms with van der Waals surface area (Å²) in [5, 5.41) is 8.14. The summed E-state index contributed by atoms with van der Waals surface area (Å²) in [6.07, 6.45) is 3.06. The average molecular weight is 225 g/mol. The number of hydrogen-bond acceptors (Lipinski definition) is 5. The number of nitrogens with zero attached hydrogens (tertiary/aromatic N) is 4. The maximum atomic E-state index is 5.46. The van der Waals surface area contributed by atoms with Gasteiger partial charge in [-0.05, 0) is 13.5 Å². The van der Waals surface area contributed by atoms with Crippen LogP contribution in [0, 0.1) is 0 Å². The molecule has 1 saturated heterocycles. The first-order valence-corrected chi connectivity index (χ1v) is 5.66. The van der Waals surface area contributed by atoms with Gasteiger partial charge in [-0.2, -0.15) is 0 Å². The van der Waals surface area contributed by atoms with Gasteiger partial charge in [-0.15, -0.1) is 5.10 Å². The van der Waals surface area contributed by atoms with E-state index >= 15 is 0 Å². The van der Waals surface area contributed by atoms with Gasteiger partial charge in [0.2, 0.25) is 0 Å². The normalized spacial score (nSPS) is 20.8. The standard InChI is InChI=1S/C10H19N5O/c1-14(10-2-5-16-8-10)6-9-7-15(4-3-11)13-12-9/h7,10H,2-6,8,11H2,1H3. The monoisotopic (exact) mass is 225 g/mol. The summed E-state index contributed by atoms with van der Waals surface area (Å²) in [6.45, 7) is 3.83. The fourth-order valence-corrected chi connectivity index (χ4v) is 1.91. The minimum Gasteiger partial charge on any atom is -0.380 e. The molecular weight excluding hydrogens is 206 g/mol. The maximum absolute atomic E-state index is 5.46. The highest BCUT2D eigenvalue weighted by Gasteiger charge is 2.20. The van der Waals surface area contributed by atoms with Crippen molar-refractivity contribution in [3.05, 3.63) is 11.9 Å². The van der Waals surface area contributed by atoms with Crippen LogP contribution in [0.1, 0.15) is 12.1 Å². The van der Waals surface area contributed by atoms with Crippen LogP contribution in [-0.4, -0.2) is 52.7 Å². The molecule has 2 rings (SSSR count). The molecule has 6 heteroatoms. The molecule has 0 radical (unpaired) electrons. The first-order chi connectivity index (χ1) is 7.79. The van der Waals surface area contributed by atoms with Crippen molar-refractivity contribution in [3.8, 4) is 0 Å². The molecule has 0 amide bonds. The van der Waals surface area contributed by atoms with Crippen LogP contribution in [-0.2, 0) is 17.8 Å². The van der Waals surface area contributed by atoms with E-state index in [4.69, 9.17) is 10.5 Å². The Bertz CT molecular complexity index is 321. The molecule has 16 heavy (non-hydrogen) atoms. The van der Waals surface area contributed by atoms with Gasteiger partial charge in [-0.3, -0.25) is 9.58 Å². The largest absolute Gasteiger partial charge is 0.380 e. The van der Waals surface area contributed by atoms with Gasteiger partial charge in [0.25, 0.3) is 0 Å². The zero-order chi connectivity index (χ0) is 11.4. The lowest BCUT2D eigenvalue weighted by molar-refractivity contribution is 0.155. The lowest BCUT2D eigenvalue weighted by Gasteiger charge is -2.21. The van der Waals surface area contributed by atoms with Crippen molar-refractivity contribution in [2.24, 2.45) is 5.73 Å². The SMILES string of the molecule is CN(Cc1cn(CCN)nn1)C1CCOC1. The van der Waals surface area contributed by atoms with Gasteiger partial charge < -0.3 is 10.5 Å². The molecule has 0 aliphatic carbocycles. The first-order valence-electron chi connectivity index (χ1n) is 5.66. The highest BCUT2D eigenvalue weighted by Crippen LogP contribution is 2.12. The van der Waals surface area contributed by atoms with Crippen LogP contribution >= 0.6 is 0 Å². The maximum Gasteiger partial charge on any atom is 0.0967 e. The molecule has 2 N–H and O–H groups in total. The molecule has 1 fully saturated rings. The van der Waals surface area contributed by atoms with Crippen LogP contribution in [0.5, 0.6) is 0 Å². The summed E-state index contributed by atoms with van der Waals surface area (Å²) in [6, 6.07) is 0.514. The quantitative estimate of drug-likeness (QED) is 0.728. The highest BCUT2D eigenvalue weighted by atomic mass is 16.5. The van der Waals surface area contributed by atoms with Crippen molar-refractivity contribution in [3.63, 3.8) is 0 Å². The third-order valence-corrected chi connectivity index (χ3v) is 2.88. The van der Waals surface area contributed by atoms with E-state index in [0.717, 1.165) is 38.4 Å². The highest BCUT2D eigenvalue weighted by molar-refractivity contribution is 4.93. The van der Waals surface area contributed by atoms with Crippen LogP contribution in [0.4, 0.5) is 0 Å². The summed E-state index contributed by atoms with van der Waals surface area (Å²) in [7, 11) is 2.10. The molecule has 1 atom stereocenters. The molecule has 1 aliphatic heterocycles. The molecule has 1 aromatic heterocycles. The number of likely N-dealkylation sites (N-methyl/N-ethyl adjacent to an activating group) is 1. The van der Waals surface area contributed by atoms with Crippen molar-refractivity contribution in [2.75, 3.05) is 26.8 Å². The summed E-state index contributed by atoms with van der Waals surface area (Å²) in [4.78, 5) is 2.27. The van der Waals surface area contributed by atoms with Gasteiger partial charge in [-0.1, -0.05) is 5.21 Å².